The Hall–Kier alpha value is -0.340. The molecule has 0 saturated heterocycles. The molecule has 1 rings (SSSR count). The topological polar surface area (TPSA) is 26.0 Å². The molecule has 1 aromatic heterocycles. The minimum Gasteiger partial charge on any atom is -0.327 e. The molecule has 0 spiro atoms. The molecule has 62 valence electrons. The fourth-order valence-corrected chi connectivity index (χ4v) is 1.96. The van der Waals surface area contributed by atoms with Gasteiger partial charge in [0.05, 0.1) is 0 Å². The highest BCUT2D eigenvalue weighted by atomic mass is 32.1. The maximum Gasteiger partial charge on any atom is 0.00870 e. The van der Waals surface area contributed by atoms with Gasteiger partial charge in [0.25, 0.3) is 0 Å². The average molecular weight is 169 g/mol. The van der Waals surface area contributed by atoms with Crippen LogP contribution in [0.3, 0.4) is 0 Å². The predicted octanol–water partition coefficient (Wildman–Crippen LogP) is 2.42. The lowest BCUT2D eigenvalue weighted by molar-refractivity contribution is 0.604. The lowest BCUT2D eigenvalue weighted by Crippen LogP contribution is -2.21. The Morgan fingerprint density at radius 3 is 3.00 bits per heavy atom. The van der Waals surface area contributed by atoms with Crippen molar-refractivity contribution in [3.8, 4) is 0 Å². The molecule has 11 heavy (non-hydrogen) atoms. The van der Waals surface area contributed by atoms with E-state index < -0.39 is 0 Å². The van der Waals surface area contributed by atoms with Crippen LogP contribution in [0.1, 0.15) is 24.6 Å². The van der Waals surface area contributed by atoms with E-state index in [0.29, 0.717) is 6.04 Å². The number of hydrogen-bond donors (Lipinski definition) is 1. The van der Waals surface area contributed by atoms with Crippen molar-refractivity contribution >= 4 is 11.3 Å². The normalized spacial score (nSPS) is 13.3. The molecule has 1 heterocycles. The molecular formula is C9H15NS. The molecule has 0 bridgehead atoms. The summed E-state index contributed by atoms with van der Waals surface area (Å²) in [5, 5.41) is 2.11. The van der Waals surface area contributed by atoms with E-state index in [1.807, 2.05) is 0 Å². The van der Waals surface area contributed by atoms with E-state index in [4.69, 9.17) is 5.73 Å². The first kappa shape index (κ1) is 8.75. The summed E-state index contributed by atoms with van der Waals surface area (Å²) in [6.07, 6.45) is 3.37. The molecule has 0 aromatic carbocycles. The highest BCUT2D eigenvalue weighted by Crippen LogP contribution is 2.11. The molecule has 0 amide bonds. The molecule has 0 radical (unpaired) electrons. The zero-order valence-electron chi connectivity index (χ0n) is 6.92. The van der Waals surface area contributed by atoms with E-state index in [-0.39, 0.29) is 0 Å². The maximum atomic E-state index is 5.88. The van der Waals surface area contributed by atoms with Crippen molar-refractivity contribution in [1.82, 2.24) is 0 Å². The van der Waals surface area contributed by atoms with Crippen molar-refractivity contribution in [2.75, 3.05) is 0 Å². The third-order valence-corrected chi connectivity index (χ3v) is 2.60. The van der Waals surface area contributed by atoms with Crippen LogP contribution in [0.4, 0.5) is 0 Å². The standard InChI is InChI=1S/C9H15NS/c1-2-4-8(10)7-9-5-3-6-11-9/h3,5-6,8H,2,4,7,10H2,1H3/t8-/m0/s1. The van der Waals surface area contributed by atoms with E-state index in [1.165, 1.54) is 11.3 Å². The van der Waals surface area contributed by atoms with E-state index >= 15 is 0 Å². The monoisotopic (exact) mass is 169 g/mol. The second kappa shape index (κ2) is 4.52. The summed E-state index contributed by atoms with van der Waals surface area (Å²) < 4.78 is 0. The number of nitrogens with two attached hydrogens (primary N) is 1. The minimum absolute atomic E-state index is 0.360. The summed E-state index contributed by atoms with van der Waals surface area (Å²) in [5.41, 5.74) is 5.88. The van der Waals surface area contributed by atoms with Crippen molar-refractivity contribution in [3.05, 3.63) is 22.4 Å². The highest BCUT2D eigenvalue weighted by Gasteiger charge is 2.02. The summed E-state index contributed by atoms with van der Waals surface area (Å²) in [6.45, 7) is 2.17. The van der Waals surface area contributed by atoms with E-state index in [2.05, 4.69) is 24.4 Å². The molecular weight excluding hydrogens is 154 g/mol. The molecule has 0 aliphatic carbocycles. The summed E-state index contributed by atoms with van der Waals surface area (Å²) in [7, 11) is 0. The molecule has 2 heteroatoms. The first-order valence-electron chi connectivity index (χ1n) is 4.11. The second-order valence-corrected chi connectivity index (χ2v) is 3.86. The van der Waals surface area contributed by atoms with Crippen molar-refractivity contribution < 1.29 is 0 Å². The zero-order chi connectivity index (χ0) is 8.10. The lowest BCUT2D eigenvalue weighted by Gasteiger charge is -2.07. The molecule has 0 saturated carbocycles. The van der Waals surface area contributed by atoms with Gasteiger partial charge in [-0.15, -0.1) is 11.3 Å². The van der Waals surface area contributed by atoms with Gasteiger partial charge in [0.1, 0.15) is 0 Å². The van der Waals surface area contributed by atoms with Gasteiger partial charge in [-0.25, -0.2) is 0 Å². The summed E-state index contributed by atoms with van der Waals surface area (Å²) in [4.78, 5) is 1.41. The molecule has 1 nitrogen and oxygen atoms in total. The third-order valence-electron chi connectivity index (χ3n) is 1.70. The Balaban J connectivity index is 2.31. The smallest absolute Gasteiger partial charge is 0.00870 e. The van der Waals surface area contributed by atoms with Gasteiger partial charge in [-0.05, 0) is 24.3 Å². The van der Waals surface area contributed by atoms with Crippen LogP contribution in [0.25, 0.3) is 0 Å². The number of thiophene rings is 1. The predicted molar refractivity (Wildman–Crippen MR) is 50.9 cm³/mol. The first-order valence-corrected chi connectivity index (χ1v) is 4.99. The van der Waals surface area contributed by atoms with E-state index in [1.54, 1.807) is 11.3 Å². The Bertz CT molecular complexity index is 181. The van der Waals surface area contributed by atoms with Crippen molar-refractivity contribution in [1.29, 1.82) is 0 Å². The fraction of sp³-hybridized carbons (Fsp3) is 0.556. The maximum absolute atomic E-state index is 5.88. The first-order chi connectivity index (χ1) is 5.33. The Morgan fingerprint density at radius 2 is 2.45 bits per heavy atom. The van der Waals surface area contributed by atoms with Crippen LogP contribution < -0.4 is 5.73 Å². The summed E-state index contributed by atoms with van der Waals surface area (Å²) in [5.74, 6) is 0. The molecule has 1 atom stereocenters. The van der Waals surface area contributed by atoms with Crippen molar-refractivity contribution in [3.63, 3.8) is 0 Å². The number of rotatable bonds is 4. The minimum atomic E-state index is 0.360. The van der Waals surface area contributed by atoms with Gasteiger partial charge in [-0.2, -0.15) is 0 Å². The van der Waals surface area contributed by atoms with E-state index in [9.17, 15) is 0 Å². The molecule has 0 fully saturated rings. The molecule has 1 aromatic rings. The molecule has 0 aliphatic heterocycles. The fourth-order valence-electron chi connectivity index (χ4n) is 1.16. The largest absolute Gasteiger partial charge is 0.327 e. The zero-order valence-corrected chi connectivity index (χ0v) is 7.73. The molecule has 2 N–H and O–H groups in total. The van der Waals surface area contributed by atoms with Crippen molar-refractivity contribution in [2.45, 2.75) is 32.2 Å². The third kappa shape index (κ3) is 3.04. The van der Waals surface area contributed by atoms with Crippen LogP contribution >= 0.6 is 11.3 Å². The Labute approximate surface area is 72.2 Å². The van der Waals surface area contributed by atoms with Crippen LogP contribution in [-0.2, 0) is 6.42 Å². The average Bonchev–Trinajstić information content (AvgIpc) is 2.40. The van der Waals surface area contributed by atoms with Crippen LogP contribution in [0.2, 0.25) is 0 Å². The van der Waals surface area contributed by atoms with Gasteiger partial charge in [-0.3, -0.25) is 0 Å². The Kier molecular flexibility index (Phi) is 3.60. The quantitative estimate of drug-likeness (QED) is 0.736. The summed E-state index contributed by atoms with van der Waals surface area (Å²) >= 11 is 1.80. The van der Waals surface area contributed by atoms with Crippen LogP contribution in [-0.4, -0.2) is 6.04 Å². The Morgan fingerprint density at radius 1 is 1.64 bits per heavy atom. The molecule has 0 aliphatic rings. The van der Waals surface area contributed by atoms with E-state index in [0.717, 1.165) is 12.8 Å². The second-order valence-electron chi connectivity index (χ2n) is 2.83. The van der Waals surface area contributed by atoms with Crippen LogP contribution in [0.15, 0.2) is 17.5 Å². The van der Waals surface area contributed by atoms with Crippen LogP contribution in [0.5, 0.6) is 0 Å². The van der Waals surface area contributed by atoms with Gasteiger partial charge < -0.3 is 5.73 Å². The summed E-state index contributed by atoms with van der Waals surface area (Å²) in [6, 6.07) is 4.59. The van der Waals surface area contributed by atoms with Gasteiger partial charge in [0.15, 0.2) is 0 Å². The van der Waals surface area contributed by atoms with Gasteiger partial charge in [-0.1, -0.05) is 19.4 Å². The highest BCUT2D eigenvalue weighted by molar-refractivity contribution is 7.09. The molecule has 0 unspecified atom stereocenters. The van der Waals surface area contributed by atoms with Crippen molar-refractivity contribution in [2.24, 2.45) is 5.73 Å². The SMILES string of the molecule is CCC[C@H](N)Cc1cccs1. The van der Waals surface area contributed by atoms with Crippen LogP contribution in [0, 0.1) is 0 Å². The lowest BCUT2D eigenvalue weighted by atomic mass is 10.1. The van der Waals surface area contributed by atoms with Gasteiger partial charge in [0.2, 0.25) is 0 Å². The number of hydrogen-bond acceptors (Lipinski definition) is 2. The van der Waals surface area contributed by atoms with Gasteiger partial charge in [0, 0.05) is 10.9 Å². The van der Waals surface area contributed by atoms with Gasteiger partial charge >= 0.3 is 0 Å².